The van der Waals surface area contributed by atoms with Crippen molar-refractivity contribution in [2.24, 2.45) is 11.8 Å². The second-order valence-corrected chi connectivity index (χ2v) is 11.4. The minimum Gasteiger partial charge on any atom is -0.495 e. The summed E-state index contributed by atoms with van der Waals surface area (Å²) in [5.41, 5.74) is -0.00777. The van der Waals surface area contributed by atoms with E-state index >= 15 is 0 Å². The standard InChI is InChI=1S/C30H40F3N5O3/c1-19(39)38(3)26-8-6-5-7-21(26)16-25-23(30(31,32)33)18-34-29(36-25)35-24-10-9-22(17-28(24)41-4)27(40)15-20-11-13-37(2)14-12-20/h9-10,17-18,20-21,26H,5-8,11-16H2,1-4H3,(H,34,35,36)/t21-,26+/m0/s1. The molecule has 1 aliphatic carbocycles. The number of ketones is 1. The molecule has 1 aromatic carbocycles. The summed E-state index contributed by atoms with van der Waals surface area (Å²) in [5, 5.41) is 2.99. The summed E-state index contributed by atoms with van der Waals surface area (Å²) in [5.74, 6) is 0.508. The van der Waals surface area contributed by atoms with Gasteiger partial charge in [0.1, 0.15) is 5.75 Å². The molecule has 2 aliphatic rings. The number of methoxy groups -OCH3 is 1. The fourth-order valence-electron chi connectivity index (χ4n) is 6.02. The zero-order valence-corrected chi connectivity index (χ0v) is 24.3. The van der Waals surface area contributed by atoms with Crippen molar-refractivity contribution in [3.05, 3.63) is 41.2 Å². The van der Waals surface area contributed by atoms with Crippen LogP contribution in [0.25, 0.3) is 0 Å². The van der Waals surface area contributed by atoms with Gasteiger partial charge in [0.2, 0.25) is 11.9 Å². The number of hydrogen-bond donors (Lipinski definition) is 1. The number of nitrogens with one attached hydrogen (secondary N) is 1. The Labute approximate surface area is 239 Å². The molecule has 8 nitrogen and oxygen atoms in total. The van der Waals surface area contributed by atoms with Crippen LogP contribution in [0.5, 0.6) is 5.75 Å². The van der Waals surface area contributed by atoms with Gasteiger partial charge in [-0.1, -0.05) is 12.8 Å². The van der Waals surface area contributed by atoms with Gasteiger partial charge in [0.05, 0.1) is 24.1 Å². The highest BCUT2D eigenvalue weighted by Crippen LogP contribution is 2.37. The smallest absolute Gasteiger partial charge is 0.419 e. The minimum atomic E-state index is -4.61. The molecule has 1 saturated heterocycles. The van der Waals surface area contributed by atoms with Crippen LogP contribution in [0.4, 0.5) is 24.8 Å². The lowest BCUT2D eigenvalue weighted by molar-refractivity contribution is -0.139. The third kappa shape index (κ3) is 7.75. The Hall–Kier alpha value is -3.21. The predicted octanol–water partition coefficient (Wildman–Crippen LogP) is 5.74. The van der Waals surface area contributed by atoms with Crippen LogP contribution < -0.4 is 10.1 Å². The molecule has 224 valence electrons. The van der Waals surface area contributed by atoms with Crippen molar-refractivity contribution in [2.75, 3.05) is 39.6 Å². The number of carbonyl (C=O) groups is 2. The van der Waals surface area contributed by atoms with Crippen LogP contribution >= 0.6 is 0 Å². The lowest BCUT2D eigenvalue weighted by atomic mass is 9.80. The van der Waals surface area contributed by atoms with E-state index in [0.717, 1.165) is 51.4 Å². The third-order valence-corrected chi connectivity index (χ3v) is 8.57. The molecule has 2 fully saturated rings. The molecule has 0 radical (unpaired) electrons. The SMILES string of the molecule is COc1cc(C(=O)CC2CCN(C)CC2)ccc1Nc1ncc(C(F)(F)F)c(C[C@@H]2CCCC[C@H]2N(C)C(C)=O)n1. The average molecular weight is 576 g/mol. The van der Waals surface area contributed by atoms with Gasteiger partial charge >= 0.3 is 6.18 Å². The number of hydrogen-bond acceptors (Lipinski definition) is 7. The zero-order chi connectivity index (χ0) is 29.7. The number of ether oxygens (including phenoxy) is 1. The largest absolute Gasteiger partial charge is 0.495 e. The Kier molecular flexibility index (Phi) is 9.88. The first kappa shape index (κ1) is 30.7. The molecule has 1 saturated carbocycles. The molecule has 0 spiro atoms. The third-order valence-electron chi connectivity index (χ3n) is 8.57. The Morgan fingerprint density at radius 2 is 1.85 bits per heavy atom. The van der Waals surface area contributed by atoms with Gasteiger partial charge in [-0.25, -0.2) is 9.97 Å². The van der Waals surface area contributed by atoms with Crippen molar-refractivity contribution in [1.29, 1.82) is 0 Å². The first-order valence-corrected chi connectivity index (χ1v) is 14.3. The summed E-state index contributed by atoms with van der Waals surface area (Å²) in [7, 11) is 5.26. The first-order chi connectivity index (χ1) is 19.5. The highest BCUT2D eigenvalue weighted by Gasteiger charge is 2.38. The van der Waals surface area contributed by atoms with Gasteiger partial charge in [0.15, 0.2) is 5.78 Å². The van der Waals surface area contributed by atoms with Crippen LogP contribution in [0.1, 0.15) is 73.5 Å². The number of amides is 1. The fraction of sp³-hybridized carbons (Fsp3) is 0.600. The molecule has 41 heavy (non-hydrogen) atoms. The van der Waals surface area contributed by atoms with Crippen LogP contribution in [-0.4, -0.2) is 71.8 Å². The molecular formula is C30H40F3N5O3. The van der Waals surface area contributed by atoms with Crippen molar-refractivity contribution < 1.29 is 27.5 Å². The van der Waals surface area contributed by atoms with Gasteiger partial charge in [-0.2, -0.15) is 13.2 Å². The number of nitrogens with zero attached hydrogens (tertiary/aromatic N) is 4. The van der Waals surface area contributed by atoms with Crippen molar-refractivity contribution in [3.63, 3.8) is 0 Å². The van der Waals surface area contributed by atoms with Crippen LogP contribution in [-0.2, 0) is 17.4 Å². The summed E-state index contributed by atoms with van der Waals surface area (Å²) >= 11 is 0. The fourth-order valence-corrected chi connectivity index (χ4v) is 6.02. The van der Waals surface area contributed by atoms with E-state index in [1.165, 1.54) is 14.0 Å². The van der Waals surface area contributed by atoms with Crippen molar-refractivity contribution in [3.8, 4) is 5.75 Å². The maximum atomic E-state index is 14.0. The van der Waals surface area contributed by atoms with Crippen molar-refractivity contribution >= 4 is 23.3 Å². The number of carbonyl (C=O) groups excluding carboxylic acids is 2. The Balaban J connectivity index is 1.54. The van der Waals surface area contributed by atoms with E-state index in [1.54, 1.807) is 30.1 Å². The van der Waals surface area contributed by atoms with Gasteiger partial charge in [-0.3, -0.25) is 9.59 Å². The van der Waals surface area contributed by atoms with Gasteiger partial charge in [0.25, 0.3) is 0 Å². The summed E-state index contributed by atoms with van der Waals surface area (Å²) in [4.78, 5) is 37.2. The molecule has 1 amide bonds. The predicted molar refractivity (Wildman–Crippen MR) is 150 cm³/mol. The molecule has 0 unspecified atom stereocenters. The monoisotopic (exact) mass is 575 g/mol. The van der Waals surface area contributed by atoms with E-state index in [2.05, 4.69) is 27.2 Å². The molecule has 1 N–H and O–H groups in total. The van der Waals surface area contributed by atoms with Gasteiger partial charge in [0, 0.05) is 38.2 Å². The number of benzene rings is 1. The summed E-state index contributed by atoms with van der Waals surface area (Å²) in [6, 6.07) is 4.86. The minimum absolute atomic E-state index is 0.00369. The number of Topliss-reactive ketones (excluding diaryl/α,β-unsaturated/α-hetero) is 1. The Morgan fingerprint density at radius 3 is 2.51 bits per heavy atom. The number of anilines is 2. The first-order valence-electron chi connectivity index (χ1n) is 14.3. The van der Waals surface area contributed by atoms with Crippen LogP contribution in [0.15, 0.2) is 24.4 Å². The molecular weight excluding hydrogens is 535 g/mol. The Morgan fingerprint density at radius 1 is 1.15 bits per heavy atom. The van der Waals surface area contributed by atoms with E-state index in [4.69, 9.17) is 4.74 Å². The highest BCUT2D eigenvalue weighted by molar-refractivity contribution is 5.97. The molecule has 11 heteroatoms. The molecule has 0 bridgehead atoms. The lowest BCUT2D eigenvalue weighted by Crippen LogP contribution is -2.43. The van der Waals surface area contributed by atoms with Crippen molar-refractivity contribution in [2.45, 2.75) is 70.5 Å². The molecule has 2 atom stereocenters. The number of aromatic nitrogens is 2. The van der Waals surface area contributed by atoms with E-state index in [1.807, 2.05) is 0 Å². The topological polar surface area (TPSA) is 87.7 Å². The molecule has 1 aromatic heterocycles. The summed E-state index contributed by atoms with van der Waals surface area (Å²) < 4.78 is 47.4. The van der Waals surface area contributed by atoms with Gasteiger partial charge in [-0.05, 0) is 82.3 Å². The quantitative estimate of drug-likeness (QED) is 0.382. The second-order valence-electron chi connectivity index (χ2n) is 11.4. The molecule has 2 heterocycles. The number of alkyl halides is 3. The maximum absolute atomic E-state index is 14.0. The van der Waals surface area contributed by atoms with E-state index in [-0.39, 0.29) is 41.7 Å². The van der Waals surface area contributed by atoms with Crippen LogP contribution in [0, 0.1) is 11.8 Å². The number of piperidine rings is 1. The zero-order valence-electron chi connectivity index (χ0n) is 24.3. The van der Waals surface area contributed by atoms with Crippen LogP contribution in [0.2, 0.25) is 0 Å². The second kappa shape index (κ2) is 13.2. The van der Waals surface area contributed by atoms with E-state index < -0.39 is 11.7 Å². The lowest BCUT2D eigenvalue weighted by Gasteiger charge is -2.37. The number of halogens is 3. The average Bonchev–Trinajstić information content (AvgIpc) is 2.93. The number of likely N-dealkylation sites (tertiary alicyclic amines) is 1. The normalized spacial score (nSPS) is 20.5. The summed E-state index contributed by atoms with van der Waals surface area (Å²) in [6.07, 6.45) is 2.00. The maximum Gasteiger partial charge on any atom is 0.419 e. The highest BCUT2D eigenvalue weighted by atomic mass is 19.4. The van der Waals surface area contributed by atoms with E-state index in [9.17, 15) is 22.8 Å². The van der Waals surface area contributed by atoms with Crippen LogP contribution in [0.3, 0.4) is 0 Å². The molecule has 1 aliphatic heterocycles. The summed E-state index contributed by atoms with van der Waals surface area (Å²) in [6.45, 7) is 3.43. The molecule has 4 rings (SSSR count). The van der Waals surface area contributed by atoms with Crippen molar-refractivity contribution in [1.82, 2.24) is 19.8 Å². The Bertz CT molecular complexity index is 1230. The van der Waals surface area contributed by atoms with Gasteiger partial charge < -0.3 is 19.9 Å². The number of rotatable bonds is 9. The van der Waals surface area contributed by atoms with Gasteiger partial charge in [-0.15, -0.1) is 0 Å². The molecule has 2 aromatic rings. The van der Waals surface area contributed by atoms with E-state index in [0.29, 0.717) is 35.8 Å².